The van der Waals surface area contributed by atoms with Gasteiger partial charge in [0.1, 0.15) is 18.4 Å². The highest BCUT2D eigenvalue weighted by molar-refractivity contribution is 5.38. The molecule has 25 heavy (non-hydrogen) atoms. The number of nitrogens with zero attached hydrogens (tertiary/aromatic N) is 4. The van der Waals surface area contributed by atoms with E-state index in [1.54, 1.807) is 24.1 Å². The van der Waals surface area contributed by atoms with E-state index >= 15 is 0 Å². The summed E-state index contributed by atoms with van der Waals surface area (Å²) in [5.74, 6) is 0. The molecule has 2 aromatic carbocycles. The fraction of sp³-hybridized carbons (Fsp3) is 0.222. The Kier molecular flexibility index (Phi) is 4.20. The Labute approximate surface area is 144 Å². The van der Waals surface area contributed by atoms with Crippen molar-refractivity contribution < 1.29 is 9.66 Å². The van der Waals surface area contributed by atoms with E-state index in [1.165, 1.54) is 12.1 Å². The van der Waals surface area contributed by atoms with Gasteiger partial charge in [0.2, 0.25) is 0 Å². The molecule has 7 nitrogen and oxygen atoms in total. The van der Waals surface area contributed by atoms with Gasteiger partial charge in [0, 0.05) is 12.1 Å². The number of rotatable bonds is 3. The minimum Gasteiger partial charge on any atom is -0.323 e. The summed E-state index contributed by atoms with van der Waals surface area (Å²) in [6.07, 6.45) is -0.662. The van der Waals surface area contributed by atoms with Crippen LogP contribution >= 0.6 is 0 Å². The molecule has 7 heteroatoms. The monoisotopic (exact) mass is 334 g/mol. The number of benzene rings is 2. The molecule has 0 spiro atoms. The van der Waals surface area contributed by atoms with E-state index in [1.807, 2.05) is 42.5 Å². The highest BCUT2D eigenvalue weighted by Gasteiger charge is 2.54. The van der Waals surface area contributed by atoms with Gasteiger partial charge in [0.25, 0.3) is 11.3 Å². The lowest BCUT2D eigenvalue weighted by Gasteiger charge is -2.25. The third kappa shape index (κ3) is 2.72. The minimum absolute atomic E-state index is 0.0316. The van der Waals surface area contributed by atoms with E-state index in [4.69, 9.17) is 4.74 Å². The van der Waals surface area contributed by atoms with Crippen LogP contribution in [0.3, 0.4) is 0 Å². The van der Waals surface area contributed by atoms with Gasteiger partial charge in [0.15, 0.2) is 0 Å². The summed E-state index contributed by atoms with van der Waals surface area (Å²) in [7, 11) is 1.76. The van der Waals surface area contributed by atoms with Gasteiger partial charge in [-0.2, -0.15) is 10.5 Å². The second kappa shape index (κ2) is 6.33. The summed E-state index contributed by atoms with van der Waals surface area (Å²) in [5.41, 5.74) is -0.266. The Bertz CT molecular complexity index is 854. The van der Waals surface area contributed by atoms with Gasteiger partial charge < -0.3 is 4.74 Å². The maximum atomic E-state index is 10.8. The molecule has 3 rings (SSSR count). The molecular formula is C18H14N4O3. The predicted octanol–water partition coefficient (Wildman–Crippen LogP) is 3.08. The molecular weight excluding hydrogens is 320 g/mol. The van der Waals surface area contributed by atoms with Gasteiger partial charge in [0.05, 0.1) is 11.0 Å². The van der Waals surface area contributed by atoms with Crippen molar-refractivity contribution >= 4 is 5.69 Å². The van der Waals surface area contributed by atoms with E-state index < -0.39 is 22.8 Å². The number of hydrogen-bond acceptors (Lipinski definition) is 6. The van der Waals surface area contributed by atoms with Crippen LogP contribution in [0.4, 0.5) is 5.69 Å². The second-order valence-corrected chi connectivity index (χ2v) is 5.76. The topological polar surface area (TPSA) is 103 Å². The Hall–Kier alpha value is -3.26. The van der Waals surface area contributed by atoms with Gasteiger partial charge in [-0.3, -0.25) is 15.0 Å². The van der Waals surface area contributed by atoms with E-state index in [0.717, 1.165) is 5.56 Å². The number of nitro groups is 1. The van der Waals surface area contributed by atoms with Crippen molar-refractivity contribution in [3.05, 3.63) is 75.8 Å². The zero-order valence-electron chi connectivity index (χ0n) is 13.4. The molecule has 124 valence electrons. The van der Waals surface area contributed by atoms with Crippen molar-refractivity contribution in [1.29, 1.82) is 10.5 Å². The lowest BCUT2D eigenvalue weighted by atomic mass is 9.91. The van der Waals surface area contributed by atoms with Crippen molar-refractivity contribution in [1.82, 2.24) is 4.90 Å². The molecule has 0 aromatic heterocycles. The van der Waals surface area contributed by atoms with Crippen LogP contribution in [0.25, 0.3) is 0 Å². The SMILES string of the molecule is CN1[C@@H](c2ccc([N+](=O)[O-])cc2)OC(C#N)(C#N)[C@H]1c1ccccc1. The third-order valence-corrected chi connectivity index (χ3v) is 4.30. The summed E-state index contributed by atoms with van der Waals surface area (Å²) in [6.45, 7) is 0. The molecule has 1 aliphatic heterocycles. The van der Waals surface area contributed by atoms with Crippen LogP contribution in [0.15, 0.2) is 54.6 Å². The number of hydrogen-bond donors (Lipinski definition) is 0. The average Bonchev–Trinajstić information content (AvgIpc) is 2.95. The van der Waals surface area contributed by atoms with Gasteiger partial charge in [-0.25, -0.2) is 0 Å². The van der Waals surface area contributed by atoms with Crippen LogP contribution in [0.1, 0.15) is 23.4 Å². The van der Waals surface area contributed by atoms with Crippen molar-refractivity contribution in [2.24, 2.45) is 0 Å². The predicted molar refractivity (Wildman–Crippen MR) is 87.8 cm³/mol. The van der Waals surface area contributed by atoms with E-state index in [-0.39, 0.29) is 5.69 Å². The first-order chi connectivity index (χ1) is 12.0. The van der Waals surface area contributed by atoms with Crippen LogP contribution in [-0.2, 0) is 4.74 Å². The average molecular weight is 334 g/mol. The van der Waals surface area contributed by atoms with Crippen LogP contribution in [-0.4, -0.2) is 22.5 Å². The molecule has 0 saturated carbocycles. The molecule has 0 amide bonds. The van der Waals surface area contributed by atoms with Crippen molar-refractivity contribution in [2.45, 2.75) is 17.9 Å². The van der Waals surface area contributed by atoms with Crippen molar-refractivity contribution in [2.75, 3.05) is 7.05 Å². The minimum atomic E-state index is -1.66. The smallest absolute Gasteiger partial charge is 0.269 e. The summed E-state index contributed by atoms with van der Waals surface area (Å²) >= 11 is 0. The summed E-state index contributed by atoms with van der Waals surface area (Å²) in [4.78, 5) is 12.1. The standard InChI is InChI=1S/C18H14N4O3/c1-21-16(13-5-3-2-4-6-13)18(11-19,12-20)25-17(21)14-7-9-15(10-8-14)22(23)24/h2-10,16-17H,1H3/t16-,17-/m1/s1. The molecule has 0 radical (unpaired) electrons. The molecule has 0 N–H and O–H groups in total. The first-order valence-corrected chi connectivity index (χ1v) is 7.54. The van der Waals surface area contributed by atoms with Crippen LogP contribution < -0.4 is 0 Å². The van der Waals surface area contributed by atoms with E-state index in [9.17, 15) is 20.6 Å². The highest BCUT2D eigenvalue weighted by atomic mass is 16.6. The number of nitro benzene ring substituents is 1. The largest absolute Gasteiger partial charge is 0.323 e. The molecule has 1 saturated heterocycles. The maximum absolute atomic E-state index is 10.8. The molecule has 2 aromatic rings. The third-order valence-electron chi connectivity index (χ3n) is 4.30. The normalized spacial score (nSPS) is 22.0. The summed E-state index contributed by atoms with van der Waals surface area (Å²) in [5, 5.41) is 30.1. The molecule has 1 aliphatic rings. The number of nitriles is 2. The Balaban J connectivity index is 2.02. The second-order valence-electron chi connectivity index (χ2n) is 5.76. The van der Waals surface area contributed by atoms with Crippen molar-refractivity contribution in [3.63, 3.8) is 0 Å². The van der Waals surface area contributed by atoms with Gasteiger partial charge in [-0.15, -0.1) is 0 Å². The van der Waals surface area contributed by atoms with Gasteiger partial charge in [-0.1, -0.05) is 30.3 Å². The molecule has 1 heterocycles. The zero-order chi connectivity index (χ0) is 18.0. The maximum Gasteiger partial charge on any atom is 0.269 e. The van der Waals surface area contributed by atoms with E-state index in [0.29, 0.717) is 5.56 Å². The van der Waals surface area contributed by atoms with Crippen LogP contribution in [0.5, 0.6) is 0 Å². The summed E-state index contributed by atoms with van der Waals surface area (Å²) in [6, 6.07) is 18.5. The Morgan fingerprint density at radius 2 is 1.68 bits per heavy atom. The summed E-state index contributed by atoms with van der Waals surface area (Å²) < 4.78 is 5.85. The first-order valence-electron chi connectivity index (χ1n) is 7.54. The Morgan fingerprint density at radius 3 is 2.20 bits per heavy atom. The molecule has 1 fully saturated rings. The highest BCUT2D eigenvalue weighted by Crippen LogP contribution is 2.47. The van der Waals surface area contributed by atoms with Crippen LogP contribution in [0.2, 0.25) is 0 Å². The fourth-order valence-corrected chi connectivity index (χ4v) is 3.11. The van der Waals surface area contributed by atoms with Gasteiger partial charge in [-0.05, 0) is 30.3 Å². The number of ether oxygens (including phenoxy) is 1. The quantitative estimate of drug-likeness (QED) is 0.631. The number of likely N-dealkylation sites (N-methyl/N-ethyl adjacent to an activating group) is 1. The lowest BCUT2D eigenvalue weighted by molar-refractivity contribution is -0.384. The lowest BCUT2D eigenvalue weighted by Crippen LogP contribution is -2.34. The molecule has 0 unspecified atom stereocenters. The molecule has 0 bridgehead atoms. The zero-order valence-corrected chi connectivity index (χ0v) is 13.4. The fourth-order valence-electron chi connectivity index (χ4n) is 3.11. The Morgan fingerprint density at radius 1 is 1.08 bits per heavy atom. The number of non-ortho nitro benzene ring substituents is 1. The van der Waals surface area contributed by atoms with Gasteiger partial charge >= 0.3 is 0 Å². The van der Waals surface area contributed by atoms with Crippen LogP contribution in [0, 0.1) is 32.8 Å². The van der Waals surface area contributed by atoms with Crippen molar-refractivity contribution in [3.8, 4) is 12.1 Å². The molecule has 0 aliphatic carbocycles. The molecule has 2 atom stereocenters. The van der Waals surface area contributed by atoms with E-state index in [2.05, 4.69) is 0 Å². The first kappa shape index (κ1) is 16.6.